The fourth-order valence-corrected chi connectivity index (χ4v) is 2.51. The van der Waals surface area contributed by atoms with Gasteiger partial charge in [0.1, 0.15) is 0 Å². The zero-order valence-corrected chi connectivity index (χ0v) is 14.7. The summed E-state index contributed by atoms with van der Waals surface area (Å²) < 4.78 is 0. The molecule has 0 unspecified atom stereocenters. The van der Waals surface area contributed by atoms with Crippen LogP contribution in [0.25, 0.3) is 0 Å². The molecule has 1 heterocycles. The summed E-state index contributed by atoms with van der Waals surface area (Å²) in [5.74, 6) is 0.00765. The third-order valence-corrected chi connectivity index (χ3v) is 3.95. The van der Waals surface area contributed by atoms with E-state index in [-0.39, 0.29) is 5.91 Å². The largest absolute Gasteiger partial charge is 0.390 e. The fourth-order valence-electron chi connectivity index (χ4n) is 2.51. The molecule has 1 amide bonds. The predicted molar refractivity (Wildman–Crippen MR) is 95.7 cm³/mol. The van der Waals surface area contributed by atoms with E-state index in [4.69, 9.17) is 0 Å². The number of aromatic nitrogens is 1. The molecule has 0 saturated carbocycles. The maximum Gasteiger partial charge on any atom is 0.254 e. The molecule has 2 rings (SSSR count). The molecule has 0 atom stereocenters. The van der Waals surface area contributed by atoms with Crippen molar-refractivity contribution in [3.8, 4) is 0 Å². The first-order valence-corrected chi connectivity index (χ1v) is 8.39. The quantitative estimate of drug-likeness (QED) is 0.848. The van der Waals surface area contributed by atoms with Gasteiger partial charge in [-0.15, -0.1) is 0 Å². The molecule has 0 aliphatic carbocycles. The predicted octanol–water partition coefficient (Wildman–Crippen LogP) is 3.45. The molecule has 0 spiro atoms. The van der Waals surface area contributed by atoms with Gasteiger partial charge in [0.15, 0.2) is 0 Å². The minimum absolute atomic E-state index is 0.00765. The molecule has 1 N–H and O–H groups in total. The number of aliphatic hydroxyl groups is 1. The molecule has 1 aromatic carbocycles. The number of hydrogen-bond donors (Lipinski definition) is 1. The van der Waals surface area contributed by atoms with Crippen LogP contribution in [0.1, 0.15) is 48.8 Å². The number of nitrogens with zero attached hydrogens (tertiary/aromatic N) is 2. The first kappa shape index (κ1) is 18.1. The van der Waals surface area contributed by atoms with Gasteiger partial charge in [-0.3, -0.25) is 9.78 Å². The van der Waals surface area contributed by atoms with Crippen LogP contribution in [-0.4, -0.2) is 33.0 Å². The van der Waals surface area contributed by atoms with Crippen LogP contribution in [0, 0.1) is 0 Å². The number of benzene rings is 1. The topological polar surface area (TPSA) is 53.4 Å². The van der Waals surface area contributed by atoms with E-state index in [1.807, 2.05) is 49.4 Å². The summed E-state index contributed by atoms with van der Waals surface area (Å²) in [4.78, 5) is 18.9. The molecular weight excluding hydrogens is 300 g/mol. The minimum atomic E-state index is -0.700. The van der Waals surface area contributed by atoms with Gasteiger partial charge >= 0.3 is 0 Å². The Kier molecular flexibility index (Phi) is 6.10. The van der Waals surface area contributed by atoms with Gasteiger partial charge in [-0.25, -0.2) is 0 Å². The van der Waals surface area contributed by atoms with Crippen molar-refractivity contribution >= 4 is 5.91 Å². The molecule has 0 radical (unpaired) electrons. The van der Waals surface area contributed by atoms with Crippen molar-refractivity contribution in [2.45, 2.75) is 45.8 Å². The van der Waals surface area contributed by atoms with Gasteiger partial charge in [-0.1, -0.05) is 18.2 Å². The Morgan fingerprint density at radius 2 is 2.00 bits per heavy atom. The molecule has 0 saturated heterocycles. The molecule has 128 valence electrons. The summed E-state index contributed by atoms with van der Waals surface area (Å²) in [5, 5.41) is 9.87. The monoisotopic (exact) mass is 326 g/mol. The van der Waals surface area contributed by atoms with Crippen molar-refractivity contribution in [2.24, 2.45) is 0 Å². The van der Waals surface area contributed by atoms with Crippen LogP contribution in [0.15, 0.2) is 48.7 Å². The second-order valence-corrected chi connectivity index (χ2v) is 6.65. The lowest BCUT2D eigenvalue weighted by Crippen LogP contribution is -2.30. The molecule has 4 heteroatoms. The lowest BCUT2D eigenvalue weighted by atomic mass is 9.97. The average Bonchev–Trinajstić information content (AvgIpc) is 2.58. The maximum atomic E-state index is 12.8. The molecule has 24 heavy (non-hydrogen) atoms. The molecule has 1 aromatic heterocycles. The first-order valence-electron chi connectivity index (χ1n) is 8.39. The van der Waals surface area contributed by atoms with E-state index < -0.39 is 5.60 Å². The van der Waals surface area contributed by atoms with E-state index in [0.717, 1.165) is 17.7 Å². The van der Waals surface area contributed by atoms with E-state index in [2.05, 4.69) is 4.98 Å². The molecule has 4 nitrogen and oxygen atoms in total. The highest BCUT2D eigenvalue weighted by atomic mass is 16.3. The van der Waals surface area contributed by atoms with Crippen molar-refractivity contribution < 1.29 is 9.90 Å². The Morgan fingerprint density at radius 1 is 1.21 bits per heavy atom. The van der Waals surface area contributed by atoms with E-state index in [0.29, 0.717) is 25.1 Å². The van der Waals surface area contributed by atoms with Gasteiger partial charge in [0.05, 0.1) is 17.8 Å². The summed E-state index contributed by atoms with van der Waals surface area (Å²) in [6.07, 6.45) is 3.15. The van der Waals surface area contributed by atoms with Crippen LogP contribution in [0.3, 0.4) is 0 Å². The van der Waals surface area contributed by atoms with Gasteiger partial charge in [-0.05, 0) is 63.4 Å². The molecule has 0 fully saturated rings. The SMILES string of the molecule is CCN(Cc1ccccn1)C(=O)c1cccc(CCC(C)(C)O)c1. The zero-order valence-electron chi connectivity index (χ0n) is 14.7. The number of aryl methyl sites for hydroxylation is 1. The standard InChI is InChI=1S/C20H26N2O2/c1-4-22(15-18-10-5-6-13-21-18)19(23)17-9-7-8-16(14-17)11-12-20(2,3)24/h5-10,13-14,24H,4,11-12,15H2,1-3H3. The average molecular weight is 326 g/mol. The Morgan fingerprint density at radius 3 is 2.62 bits per heavy atom. The van der Waals surface area contributed by atoms with Crippen LogP contribution in [0.4, 0.5) is 0 Å². The Hall–Kier alpha value is -2.20. The summed E-state index contributed by atoms with van der Waals surface area (Å²) in [7, 11) is 0. The van der Waals surface area contributed by atoms with E-state index in [1.54, 1.807) is 24.9 Å². The highest BCUT2D eigenvalue weighted by Gasteiger charge is 2.16. The van der Waals surface area contributed by atoms with E-state index in [1.165, 1.54) is 0 Å². The Bertz CT molecular complexity index is 663. The number of carbonyl (C=O) groups excluding carboxylic acids is 1. The van der Waals surface area contributed by atoms with Crippen molar-refractivity contribution in [1.82, 2.24) is 9.88 Å². The summed E-state index contributed by atoms with van der Waals surface area (Å²) in [5.41, 5.74) is 1.93. The van der Waals surface area contributed by atoms with Gasteiger partial charge in [0, 0.05) is 18.3 Å². The van der Waals surface area contributed by atoms with Crippen molar-refractivity contribution in [3.05, 3.63) is 65.5 Å². The lowest BCUT2D eigenvalue weighted by molar-refractivity contribution is 0.0714. The van der Waals surface area contributed by atoms with Crippen LogP contribution >= 0.6 is 0 Å². The van der Waals surface area contributed by atoms with E-state index in [9.17, 15) is 9.90 Å². The number of hydrogen-bond acceptors (Lipinski definition) is 3. The van der Waals surface area contributed by atoms with Gasteiger partial charge in [-0.2, -0.15) is 0 Å². The number of carbonyl (C=O) groups is 1. The first-order chi connectivity index (χ1) is 11.4. The van der Waals surface area contributed by atoms with Crippen LogP contribution in [0.2, 0.25) is 0 Å². The fraction of sp³-hybridized carbons (Fsp3) is 0.400. The number of pyridine rings is 1. The van der Waals surface area contributed by atoms with Crippen molar-refractivity contribution in [1.29, 1.82) is 0 Å². The maximum absolute atomic E-state index is 12.8. The summed E-state index contributed by atoms with van der Waals surface area (Å²) in [6.45, 7) is 6.70. The Balaban J connectivity index is 2.09. The third-order valence-electron chi connectivity index (χ3n) is 3.95. The molecule has 0 bridgehead atoms. The van der Waals surface area contributed by atoms with Crippen LogP contribution < -0.4 is 0 Å². The second-order valence-electron chi connectivity index (χ2n) is 6.65. The number of amides is 1. The van der Waals surface area contributed by atoms with E-state index >= 15 is 0 Å². The summed E-state index contributed by atoms with van der Waals surface area (Å²) >= 11 is 0. The van der Waals surface area contributed by atoms with Crippen molar-refractivity contribution in [3.63, 3.8) is 0 Å². The molecular formula is C20H26N2O2. The Labute approximate surface area is 144 Å². The molecule has 0 aliphatic rings. The lowest BCUT2D eigenvalue weighted by Gasteiger charge is -2.21. The number of rotatable bonds is 7. The zero-order chi connectivity index (χ0) is 17.6. The molecule has 2 aromatic rings. The van der Waals surface area contributed by atoms with Gasteiger partial charge in [0.25, 0.3) is 5.91 Å². The van der Waals surface area contributed by atoms with Gasteiger partial charge < -0.3 is 10.0 Å². The highest BCUT2D eigenvalue weighted by molar-refractivity contribution is 5.94. The van der Waals surface area contributed by atoms with Crippen LogP contribution in [-0.2, 0) is 13.0 Å². The van der Waals surface area contributed by atoms with Gasteiger partial charge in [0.2, 0.25) is 0 Å². The molecule has 0 aliphatic heterocycles. The third kappa shape index (κ3) is 5.46. The van der Waals surface area contributed by atoms with Crippen molar-refractivity contribution in [2.75, 3.05) is 6.54 Å². The second kappa shape index (κ2) is 8.06. The van der Waals surface area contributed by atoms with Crippen LogP contribution in [0.5, 0.6) is 0 Å². The normalized spacial score (nSPS) is 11.3. The highest BCUT2D eigenvalue weighted by Crippen LogP contribution is 2.16. The minimum Gasteiger partial charge on any atom is -0.390 e. The smallest absolute Gasteiger partial charge is 0.254 e. The summed E-state index contributed by atoms with van der Waals surface area (Å²) in [6, 6.07) is 13.4.